The normalized spacial score (nSPS) is 19.7. The van der Waals surface area contributed by atoms with Crippen molar-refractivity contribution in [3.63, 3.8) is 0 Å². The van der Waals surface area contributed by atoms with Gasteiger partial charge in [-0.25, -0.2) is 12.8 Å². The van der Waals surface area contributed by atoms with E-state index in [1.807, 2.05) is 0 Å². The Balaban J connectivity index is 0. The van der Waals surface area contributed by atoms with Gasteiger partial charge in [0.05, 0.1) is 0 Å². The SMILES string of the molecule is SC1CC1.[Br-].[CH-]1CC1.[Mg+2]. The van der Waals surface area contributed by atoms with Gasteiger partial charge in [0.1, 0.15) is 0 Å². The summed E-state index contributed by atoms with van der Waals surface area (Å²) in [6, 6.07) is 0. The maximum atomic E-state index is 4.08. The Morgan fingerprint density at radius 1 is 1.22 bits per heavy atom. The molecule has 3 heteroatoms. The van der Waals surface area contributed by atoms with Crippen molar-refractivity contribution in [2.24, 2.45) is 0 Å². The van der Waals surface area contributed by atoms with Crippen molar-refractivity contribution in [3.05, 3.63) is 6.42 Å². The molecule has 0 aliphatic heterocycles. The van der Waals surface area contributed by atoms with E-state index >= 15 is 0 Å². The number of halogens is 1. The third-order valence-corrected chi connectivity index (χ3v) is 1.35. The van der Waals surface area contributed by atoms with Crippen LogP contribution in [0.2, 0.25) is 0 Å². The van der Waals surface area contributed by atoms with Crippen LogP contribution in [0.25, 0.3) is 0 Å². The minimum Gasteiger partial charge on any atom is -1.00 e. The summed E-state index contributed by atoms with van der Waals surface area (Å²) in [5, 5.41) is 0.778. The van der Waals surface area contributed by atoms with Gasteiger partial charge in [-0.1, -0.05) is 0 Å². The van der Waals surface area contributed by atoms with Crippen molar-refractivity contribution in [3.8, 4) is 0 Å². The molecular formula is C6H11BrMgS. The van der Waals surface area contributed by atoms with E-state index in [1.165, 1.54) is 25.7 Å². The Morgan fingerprint density at radius 3 is 1.44 bits per heavy atom. The number of hydrogen-bond acceptors (Lipinski definition) is 1. The monoisotopic (exact) mass is 218 g/mol. The molecule has 0 nitrogen and oxygen atoms in total. The summed E-state index contributed by atoms with van der Waals surface area (Å²) >= 11 is 4.08. The van der Waals surface area contributed by atoms with Crippen LogP contribution in [0.5, 0.6) is 0 Å². The van der Waals surface area contributed by atoms with Crippen molar-refractivity contribution in [1.29, 1.82) is 0 Å². The second-order valence-corrected chi connectivity index (χ2v) is 2.83. The van der Waals surface area contributed by atoms with Crippen molar-refractivity contribution in [2.75, 3.05) is 0 Å². The van der Waals surface area contributed by atoms with E-state index in [9.17, 15) is 0 Å². The summed E-state index contributed by atoms with van der Waals surface area (Å²) in [5.74, 6) is 0. The smallest absolute Gasteiger partial charge is 1.00 e. The average molecular weight is 219 g/mol. The van der Waals surface area contributed by atoms with Crippen LogP contribution in [0.3, 0.4) is 0 Å². The molecule has 2 saturated carbocycles. The number of hydrogen-bond donors (Lipinski definition) is 1. The van der Waals surface area contributed by atoms with Crippen LogP contribution < -0.4 is 17.0 Å². The van der Waals surface area contributed by atoms with E-state index in [0.29, 0.717) is 0 Å². The van der Waals surface area contributed by atoms with E-state index in [4.69, 9.17) is 0 Å². The summed E-state index contributed by atoms with van der Waals surface area (Å²) < 4.78 is 0. The average Bonchev–Trinajstić information content (AvgIpc) is 2.27. The molecule has 0 amide bonds. The number of rotatable bonds is 0. The Hall–Kier alpha value is 1.60. The topological polar surface area (TPSA) is 0 Å². The maximum Gasteiger partial charge on any atom is 2.00 e. The largest absolute Gasteiger partial charge is 2.00 e. The van der Waals surface area contributed by atoms with Crippen molar-refractivity contribution < 1.29 is 17.0 Å². The second kappa shape index (κ2) is 7.70. The van der Waals surface area contributed by atoms with Crippen LogP contribution >= 0.6 is 12.6 Å². The Kier molecular flexibility index (Phi) is 11.3. The van der Waals surface area contributed by atoms with Crippen molar-refractivity contribution in [1.82, 2.24) is 0 Å². The van der Waals surface area contributed by atoms with Crippen LogP contribution in [0.15, 0.2) is 0 Å². The summed E-state index contributed by atoms with van der Waals surface area (Å²) in [6.45, 7) is 0. The van der Waals surface area contributed by atoms with Gasteiger partial charge in [-0.05, 0) is 12.8 Å². The molecule has 0 radical (unpaired) electrons. The molecule has 0 spiro atoms. The first-order valence-electron chi connectivity index (χ1n) is 2.89. The van der Waals surface area contributed by atoms with E-state index in [2.05, 4.69) is 19.0 Å². The molecule has 2 rings (SSSR count). The minimum absolute atomic E-state index is 0. The quantitative estimate of drug-likeness (QED) is 0.292. The molecule has 0 saturated heterocycles. The molecule has 9 heavy (non-hydrogen) atoms. The van der Waals surface area contributed by atoms with Crippen LogP contribution in [-0.2, 0) is 0 Å². The predicted octanol–water partition coefficient (Wildman–Crippen LogP) is -1.31. The van der Waals surface area contributed by atoms with Gasteiger partial charge in [-0.3, -0.25) is 0 Å². The van der Waals surface area contributed by atoms with Crippen molar-refractivity contribution in [2.45, 2.75) is 30.9 Å². The molecule has 0 aromatic rings. The fourth-order valence-corrected chi connectivity index (χ4v) is 0.224. The molecule has 0 bridgehead atoms. The first-order valence-corrected chi connectivity index (χ1v) is 3.41. The molecule has 0 unspecified atom stereocenters. The Morgan fingerprint density at radius 2 is 1.44 bits per heavy atom. The van der Waals surface area contributed by atoms with E-state index in [-0.39, 0.29) is 40.0 Å². The molecule has 0 atom stereocenters. The third kappa shape index (κ3) is 17.7. The molecule has 2 fully saturated rings. The van der Waals surface area contributed by atoms with Crippen LogP contribution in [0.4, 0.5) is 0 Å². The van der Waals surface area contributed by atoms with Gasteiger partial charge in [0.15, 0.2) is 0 Å². The van der Waals surface area contributed by atoms with E-state index in [1.54, 1.807) is 0 Å². The van der Waals surface area contributed by atoms with Crippen LogP contribution in [0, 0.1) is 6.42 Å². The first kappa shape index (κ1) is 13.2. The molecule has 50 valence electrons. The van der Waals surface area contributed by atoms with E-state index in [0.717, 1.165) is 5.25 Å². The predicted molar refractivity (Wildman–Crippen MR) is 41.3 cm³/mol. The fourth-order valence-electron chi connectivity index (χ4n) is 0.0745. The zero-order chi connectivity index (χ0) is 5.11. The first-order chi connectivity index (χ1) is 3.39. The van der Waals surface area contributed by atoms with E-state index < -0.39 is 0 Å². The van der Waals surface area contributed by atoms with Gasteiger partial charge >= 0.3 is 23.1 Å². The molecule has 0 N–H and O–H groups in total. The van der Waals surface area contributed by atoms with Crippen molar-refractivity contribution >= 4 is 35.7 Å². The van der Waals surface area contributed by atoms with Gasteiger partial charge in [-0.15, -0.1) is 0 Å². The molecule has 2 aliphatic carbocycles. The summed E-state index contributed by atoms with van der Waals surface area (Å²) in [7, 11) is 0. The second-order valence-electron chi connectivity index (χ2n) is 2.10. The van der Waals surface area contributed by atoms with Crippen LogP contribution in [-0.4, -0.2) is 28.3 Å². The summed E-state index contributed by atoms with van der Waals surface area (Å²) in [6.07, 6.45) is 7.70. The van der Waals surface area contributed by atoms with Gasteiger partial charge in [0, 0.05) is 5.25 Å². The Labute approximate surface area is 89.5 Å². The minimum atomic E-state index is 0. The summed E-state index contributed by atoms with van der Waals surface area (Å²) in [5.41, 5.74) is 0. The zero-order valence-electron chi connectivity index (χ0n) is 5.52. The molecule has 0 heterocycles. The fraction of sp³-hybridized carbons (Fsp3) is 0.833. The molecular weight excluding hydrogens is 208 g/mol. The van der Waals surface area contributed by atoms with Gasteiger partial charge < -0.3 is 23.4 Å². The standard InChI is InChI=1S/C3H6S.C3H5.BrH.Mg/c4-3-1-2-3;1-2-3-1;;/h3-4H,1-2H2;1H,2-3H2;1H;/q;-1;;+2/p-1. The van der Waals surface area contributed by atoms with Gasteiger partial charge in [0.2, 0.25) is 0 Å². The zero-order valence-corrected chi connectivity index (χ0v) is 9.41. The molecule has 0 aromatic carbocycles. The van der Waals surface area contributed by atoms with Gasteiger partial charge in [0.25, 0.3) is 0 Å². The molecule has 2 aliphatic rings. The van der Waals surface area contributed by atoms with Gasteiger partial charge in [-0.2, -0.15) is 12.6 Å². The Bertz CT molecular complexity index is 52.3. The third-order valence-electron chi connectivity index (χ3n) is 0.836. The van der Waals surface area contributed by atoms with Crippen LogP contribution in [0.1, 0.15) is 25.7 Å². The number of thiol groups is 1. The maximum absolute atomic E-state index is 4.08. The molecule has 0 aromatic heterocycles. The summed E-state index contributed by atoms with van der Waals surface area (Å²) in [4.78, 5) is 0.